The third-order valence-electron chi connectivity index (χ3n) is 7.27. The zero-order valence-corrected chi connectivity index (χ0v) is 22.3. The number of pyridine rings is 1. The van der Waals surface area contributed by atoms with E-state index in [1.807, 2.05) is 27.8 Å². The van der Waals surface area contributed by atoms with Crippen molar-refractivity contribution in [1.29, 1.82) is 0 Å². The van der Waals surface area contributed by atoms with Gasteiger partial charge >= 0.3 is 12.1 Å². The summed E-state index contributed by atoms with van der Waals surface area (Å²) in [5.41, 5.74) is -0.706. The first-order valence-electron chi connectivity index (χ1n) is 12.7. The Morgan fingerprint density at radius 2 is 1.86 bits per heavy atom. The minimum Gasteiger partial charge on any atom is -0.462 e. The molecule has 2 aromatic heterocycles. The van der Waals surface area contributed by atoms with Crippen molar-refractivity contribution in [1.82, 2.24) is 29.7 Å². The van der Waals surface area contributed by atoms with Crippen molar-refractivity contribution in [2.24, 2.45) is 0 Å². The number of fused-ring (bicyclic) bond motifs is 3. The van der Waals surface area contributed by atoms with E-state index in [0.717, 1.165) is 32.2 Å². The molecule has 2 aromatic rings. The van der Waals surface area contributed by atoms with Crippen LogP contribution in [0.15, 0.2) is 6.20 Å². The average molecular weight is 535 g/mol. The van der Waals surface area contributed by atoms with Gasteiger partial charge in [0.1, 0.15) is 23.4 Å². The van der Waals surface area contributed by atoms with E-state index in [2.05, 4.69) is 19.9 Å². The summed E-state index contributed by atoms with van der Waals surface area (Å²) in [7, 11) is 2.02. The molecule has 37 heavy (non-hydrogen) atoms. The highest BCUT2D eigenvalue weighted by atomic mass is 35.5. The second-order valence-electron chi connectivity index (χ2n) is 11.1. The number of ether oxygens (including phenoxy) is 2. The number of nitrogens with zero attached hydrogens (tertiary/aromatic N) is 6. The van der Waals surface area contributed by atoms with Crippen molar-refractivity contribution in [3.63, 3.8) is 0 Å². The number of likely N-dealkylation sites (tertiary alicyclic amines) is 2. The highest BCUT2D eigenvalue weighted by Gasteiger charge is 2.46. The fourth-order valence-electron chi connectivity index (χ4n) is 5.43. The van der Waals surface area contributed by atoms with Gasteiger partial charge in [-0.1, -0.05) is 11.6 Å². The van der Waals surface area contributed by atoms with Gasteiger partial charge < -0.3 is 19.3 Å². The van der Waals surface area contributed by atoms with Crippen molar-refractivity contribution in [3.8, 4) is 6.01 Å². The number of halogens is 2. The lowest BCUT2D eigenvalue weighted by Gasteiger charge is -2.41. The van der Waals surface area contributed by atoms with E-state index in [0.29, 0.717) is 19.7 Å². The lowest BCUT2D eigenvalue weighted by atomic mass is 10.1. The number of hydrogen-bond donors (Lipinski definition) is 0. The molecule has 0 spiro atoms. The highest BCUT2D eigenvalue weighted by Crippen LogP contribution is 2.33. The smallest absolute Gasteiger partial charge is 0.410 e. The van der Waals surface area contributed by atoms with Gasteiger partial charge in [0.15, 0.2) is 11.0 Å². The van der Waals surface area contributed by atoms with Crippen LogP contribution in [0.3, 0.4) is 0 Å². The molecule has 2 unspecified atom stereocenters. The van der Waals surface area contributed by atoms with Crippen LogP contribution in [0.25, 0.3) is 10.9 Å². The van der Waals surface area contributed by atoms with Gasteiger partial charge in [-0.2, -0.15) is 9.97 Å². The standard InChI is InChI=1S/C25H32ClFN6O4/c1-25(2,3)37-24(35)33-14-7-8-15(33)12-32(11-14)22(34)20-17-10-28-21(26)18(27)19(17)29-23(30-20)36-13-16-6-5-9-31(16)4/h10,14-16H,5-9,11-13H2,1-4H3/t14?,15?,16-/m0/s1. The largest absolute Gasteiger partial charge is 0.462 e. The highest BCUT2D eigenvalue weighted by molar-refractivity contribution is 6.30. The number of hydrogen-bond acceptors (Lipinski definition) is 8. The SMILES string of the molecule is CN1CCC[C@H]1COc1nc(C(=O)N2CC3CCC(C2)N3C(=O)OC(C)(C)C)c2cnc(Cl)c(F)c2n1. The lowest BCUT2D eigenvalue weighted by Crippen LogP contribution is -2.58. The molecule has 0 aliphatic carbocycles. The van der Waals surface area contributed by atoms with E-state index >= 15 is 0 Å². The fraction of sp³-hybridized carbons (Fsp3) is 0.640. The average Bonchev–Trinajstić information content (AvgIpc) is 3.37. The quantitative estimate of drug-likeness (QED) is 0.549. The summed E-state index contributed by atoms with van der Waals surface area (Å²) in [6.45, 7) is 7.45. The molecular weight excluding hydrogens is 503 g/mol. The van der Waals surface area contributed by atoms with Crippen molar-refractivity contribution in [2.75, 3.05) is 33.3 Å². The maximum absolute atomic E-state index is 14.9. The summed E-state index contributed by atoms with van der Waals surface area (Å²) < 4.78 is 26.4. The Bertz CT molecular complexity index is 1210. The van der Waals surface area contributed by atoms with Crippen LogP contribution >= 0.6 is 11.6 Å². The molecular formula is C25H32ClFN6O4. The molecule has 0 radical (unpaired) electrons. The molecule has 0 saturated carbocycles. The number of amides is 2. The first-order chi connectivity index (χ1) is 17.5. The predicted octanol–water partition coefficient (Wildman–Crippen LogP) is 3.51. The van der Waals surface area contributed by atoms with Gasteiger partial charge in [-0.15, -0.1) is 0 Å². The van der Waals surface area contributed by atoms with Gasteiger partial charge in [-0.05, 0) is 60.0 Å². The minimum absolute atomic E-state index is 0.00737. The molecule has 10 nitrogen and oxygen atoms in total. The molecule has 0 aromatic carbocycles. The van der Waals surface area contributed by atoms with Crippen LogP contribution in [0.2, 0.25) is 5.15 Å². The van der Waals surface area contributed by atoms with Gasteiger partial charge in [0.05, 0.1) is 17.5 Å². The summed E-state index contributed by atoms with van der Waals surface area (Å²) in [5, 5.41) is -0.172. The molecule has 5 rings (SSSR count). The molecule has 2 bridgehead atoms. The Balaban J connectivity index is 1.41. The monoisotopic (exact) mass is 534 g/mol. The maximum atomic E-state index is 14.9. The van der Waals surface area contributed by atoms with E-state index < -0.39 is 11.4 Å². The van der Waals surface area contributed by atoms with Gasteiger partial charge in [-0.3, -0.25) is 9.69 Å². The topological polar surface area (TPSA) is 101 Å². The van der Waals surface area contributed by atoms with E-state index in [1.165, 1.54) is 6.20 Å². The van der Waals surface area contributed by atoms with E-state index in [1.54, 1.807) is 9.80 Å². The Morgan fingerprint density at radius 1 is 1.16 bits per heavy atom. The van der Waals surface area contributed by atoms with Crippen molar-refractivity contribution < 1.29 is 23.5 Å². The molecule has 200 valence electrons. The first kappa shape index (κ1) is 25.8. The Kier molecular flexibility index (Phi) is 6.86. The van der Waals surface area contributed by atoms with Crippen LogP contribution in [0.4, 0.5) is 9.18 Å². The van der Waals surface area contributed by atoms with Crippen LogP contribution in [-0.4, -0.2) is 98.7 Å². The number of carbonyl (C=O) groups excluding carboxylic acids is 2. The number of likely N-dealkylation sites (N-methyl/N-ethyl adjacent to an activating group) is 1. The third kappa shape index (κ3) is 5.16. The normalized spacial score (nSPS) is 24.1. The molecule has 2 amide bonds. The van der Waals surface area contributed by atoms with Crippen LogP contribution < -0.4 is 4.74 Å². The van der Waals surface area contributed by atoms with Crippen LogP contribution in [0, 0.1) is 5.82 Å². The zero-order chi connectivity index (χ0) is 26.5. The van der Waals surface area contributed by atoms with Crippen molar-refractivity contribution in [3.05, 3.63) is 22.9 Å². The molecule has 3 saturated heterocycles. The number of rotatable bonds is 4. The molecule has 3 aliphatic heterocycles. The zero-order valence-electron chi connectivity index (χ0n) is 21.5. The Labute approximate surface area is 220 Å². The second kappa shape index (κ2) is 9.83. The number of carbonyl (C=O) groups is 2. The Hall–Kier alpha value is -2.79. The van der Waals surface area contributed by atoms with Crippen LogP contribution in [0.1, 0.15) is 56.9 Å². The van der Waals surface area contributed by atoms with E-state index in [9.17, 15) is 14.0 Å². The molecule has 3 atom stereocenters. The van der Waals surface area contributed by atoms with Gasteiger partial charge in [0, 0.05) is 25.3 Å². The lowest BCUT2D eigenvalue weighted by molar-refractivity contribution is -0.00342. The van der Waals surface area contributed by atoms with Crippen molar-refractivity contribution >= 4 is 34.5 Å². The summed E-state index contributed by atoms with van der Waals surface area (Å²) >= 11 is 5.92. The van der Waals surface area contributed by atoms with Gasteiger partial charge in [-0.25, -0.2) is 14.2 Å². The Morgan fingerprint density at radius 3 is 2.49 bits per heavy atom. The number of aromatic nitrogens is 3. The summed E-state index contributed by atoms with van der Waals surface area (Å²) in [6, 6.07) is -0.208. The van der Waals surface area contributed by atoms with Gasteiger partial charge in [0.25, 0.3) is 5.91 Å². The number of piperazine rings is 1. The summed E-state index contributed by atoms with van der Waals surface area (Å²) in [4.78, 5) is 44.7. The molecule has 12 heteroatoms. The molecule has 3 fully saturated rings. The minimum atomic E-state index is -0.826. The molecule has 3 aliphatic rings. The third-order valence-corrected chi connectivity index (χ3v) is 7.54. The molecule has 5 heterocycles. The van der Waals surface area contributed by atoms with E-state index in [4.69, 9.17) is 21.1 Å². The summed E-state index contributed by atoms with van der Waals surface area (Å²) in [5.74, 6) is -1.22. The molecule has 0 N–H and O–H groups in total. The second-order valence-corrected chi connectivity index (χ2v) is 11.4. The predicted molar refractivity (Wildman–Crippen MR) is 134 cm³/mol. The fourth-order valence-corrected chi connectivity index (χ4v) is 5.57. The van der Waals surface area contributed by atoms with E-state index in [-0.39, 0.29) is 57.9 Å². The van der Waals surface area contributed by atoms with Crippen LogP contribution in [0.5, 0.6) is 6.01 Å². The van der Waals surface area contributed by atoms with Crippen LogP contribution in [-0.2, 0) is 4.74 Å². The van der Waals surface area contributed by atoms with Gasteiger partial charge in [0.2, 0.25) is 0 Å². The first-order valence-corrected chi connectivity index (χ1v) is 13.0. The maximum Gasteiger partial charge on any atom is 0.410 e. The van der Waals surface area contributed by atoms with Crippen molar-refractivity contribution in [2.45, 2.75) is 70.2 Å². The summed E-state index contributed by atoms with van der Waals surface area (Å²) in [6.07, 6.45) is 4.53.